The minimum atomic E-state index is -0.361. The quantitative estimate of drug-likeness (QED) is 0.822. The van der Waals surface area contributed by atoms with Crippen LogP contribution in [0.4, 0.5) is 4.39 Å². The van der Waals surface area contributed by atoms with Crippen LogP contribution >= 0.6 is 0 Å². The first-order chi connectivity index (χ1) is 8.72. The lowest BCUT2D eigenvalue weighted by molar-refractivity contribution is -0.139. The van der Waals surface area contributed by atoms with Gasteiger partial charge in [-0.25, -0.2) is 4.39 Å². The molecule has 1 N–H and O–H groups in total. The van der Waals surface area contributed by atoms with Crippen molar-refractivity contribution < 1.29 is 13.9 Å². The van der Waals surface area contributed by atoms with Crippen molar-refractivity contribution in [2.24, 2.45) is 0 Å². The molecule has 1 heterocycles. The fourth-order valence-corrected chi connectivity index (χ4v) is 1.69. The van der Waals surface area contributed by atoms with E-state index in [9.17, 15) is 9.18 Å². The molecule has 18 heavy (non-hydrogen) atoms. The zero-order valence-corrected chi connectivity index (χ0v) is 10.7. The Hall–Kier alpha value is -1.42. The van der Waals surface area contributed by atoms with Gasteiger partial charge >= 0.3 is 5.97 Å². The van der Waals surface area contributed by atoms with E-state index in [0.717, 1.165) is 0 Å². The Kier molecular flexibility index (Phi) is 7.03. The number of carbonyl (C=O) groups is 1. The number of carbonyl (C=O) groups excluding carboxylic acids is 1. The summed E-state index contributed by atoms with van der Waals surface area (Å²) in [5.74, 6) is -0.697. The molecule has 4 heteroatoms. The van der Waals surface area contributed by atoms with Gasteiger partial charge in [0.15, 0.2) is 0 Å². The van der Waals surface area contributed by atoms with Crippen molar-refractivity contribution in [2.45, 2.75) is 25.7 Å². The number of esters is 1. The van der Waals surface area contributed by atoms with Gasteiger partial charge in [-0.05, 0) is 43.6 Å². The van der Waals surface area contributed by atoms with E-state index in [1.807, 2.05) is 0 Å². The van der Waals surface area contributed by atoms with E-state index >= 15 is 0 Å². The van der Waals surface area contributed by atoms with Crippen LogP contribution in [-0.2, 0) is 16.0 Å². The van der Waals surface area contributed by atoms with Crippen LogP contribution < -0.4 is 5.32 Å². The Balaban J connectivity index is 0.000000225. The summed E-state index contributed by atoms with van der Waals surface area (Å²) in [6.45, 7) is 2.50. The molecule has 1 aliphatic heterocycles. The lowest BCUT2D eigenvalue weighted by Crippen LogP contribution is -2.21. The molecule has 1 aromatic rings. The Bertz CT molecular complexity index is 353. The van der Waals surface area contributed by atoms with Crippen molar-refractivity contribution in [1.29, 1.82) is 0 Å². The Morgan fingerprint density at radius 2 is 2.06 bits per heavy atom. The first-order valence-electron chi connectivity index (χ1n) is 6.24. The van der Waals surface area contributed by atoms with Crippen LogP contribution in [0, 0.1) is 5.82 Å². The molecular weight excluding hydrogens is 233 g/mol. The normalized spacial score (nSPS) is 14.3. The van der Waals surface area contributed by atoms with Crippen LogP contribution in [0.5, 0.6) is 0 Å². The predicted octanol–water partition coefficient (Wildman–Crippen LogP) is 2.30. The van der Waals surface area contributed by atoms with Gasteiger partial charge in [-0.3, -0.25) is 4.79 Å². The third-order valence-corrected chi connectivity index (χ3v) is 2.67. The van der Waals surface area contributed by atoms with Gasteiger partial charge in [0.05, 0.1) is 13.5 Å². The fraction of sp³-hybridized carbons (Fsp3) is 0.500. The SMILES string of the molecule is C1CCNCC1.COC(=O)Cc1cccc(F)c1. The third-order valence-electron chi connectivity index (χ3n) is 2.67. The van der Waals surface area contributed by atoms with Gasteiger partial charge in [-0.1, -0.05) is 18.6 Å². The minimum absolute atomic E-state index is 0.119. The van der Waals surface area contributed by atoms with Crippen LogP contribution in [0.1, 0.15) is 24.8 Å². The number of methoxy groups -OCH3 is 1. The molecular formula is C14H20FNO2. The molecule has 1 fully saturated rings. The largest absolute Gasteiger partial charge is 0.469 e. The molecule has 0 bridgehead atoms. The van der Waals surface area contributed by atoms with Gasteiger partial charge < -0.3 is 10.1 Å². The summed E-state index contributed by atoms with van der Waals surface area (Å²) in [6.07, 6.45) is 4.33. The molecule has 0 atom stereocenters. The lowest BCUT2D eigenvalue weighted by atomic mass is 10.1. The number of nitrogens with one attached hydrogen (secondary N) is 1. The molecule has 0 aromatic heterocycles. The summed E-state index contributed by atoms with van der Waals surface area (Å²) >= 11 is 0. The highest BCUT2D eigenvalue weighted by molar-refractivity contribution is 5.72. The van der Waals surface area contributed by atoms with E-state index in [2.05, 4.69) is 10.1 Å². The standard InChI is InChI=1S/C9H9FO2.C5H11N/c1-12-9(11)6-7-3-2-4-8(10)5-7;1-2-4-6-5-3-1/h2-5H,6H2,1H3;6H,1-5H2. The zero-order chi connectivity index (χ0) is 13.2. The molecule has 0 radical (unpaired) electrons. The van der Waals surface area contributed by atoms with Crippen molar-refractivity contribution in [1.82, 2.24) is 5.32 Å². The molecule has 1 aromatic carbocycles. The number of hydrogen-bond donors (Lipinski definition) is 1. The number of hydrogen-bond acceptors (Lipinski definition) is 3. The van der Waals surface area contributed by atoms with Gasteiger partial charge in [-0.2, -0.15) is 0 Å². The van der Waals surface area contributed by atoms with E-state index in [4.69, 9.17) is 0 Å². The summed E-state index contributed by atoms with van der Waals surface area (Å²) in [5, 5.41) is 3.28. The maximum Gasteiger partial charge on any atom is 0.309 e. The average molecular weight is 253 g/mol. The summed E-state index contributed by atoms with van der Waals surface area (Å²) in [5.41, 5.74) is 0.627. The molecule has 0 saturated carbocycles. The second-order valence-corrected chi connectivity index (χ2v) is 4.19. The third kappa shape index (κ3) is 6.35. The molecule has 0 unspecified atom stereocenters. The molecule has 3 nitrogen and oxygen atoms in total. The number of piperidine rings is 1. The molecule has 1 aliphatic rings. The van der Waals surface area contributed by atoms with E-state index in [1.165, 1.54) is 51.6 Å². The number of benzene rings is 1. The van der Waals surface area contributed by atoms with Crippen molar-refractivity contribution in [3.8, 4) is 0 Å². The first-order valence-corrected chi connectivity index (χ1v) is 6.24. The van der Waals surface area contributed by atoms with Crippen LogP contribution in [0.3, 0.4) is 0 Å². The van der Waals surface area contributed by atoms with Crippen molar-refractivity contribution in [3.63, 3.8) is 0 Å². The van der Waals surface area contributed by atoms with E-state index in [0.29, 0.717) is 5.56 Å². The van der Waals surface area contributed by atoms with Gasteiger partial charge in [-0.15, -0.1) is 0 Å². The van der Waals surface area contributed by atoms with E-state index in [1.54, 1.807) is 12.1 Å². The number of rotatable bonds is 2. The van der Waals surface area contributed by atoms with Crippen LogP contribution in [0.2, 0.25) is 0 Å². The second kappa shape index (κ2) is 8.64. The van der Waals surface area contributed by atoms with Gasteiger partial charge in [0.25, 0.3) is 0 Å². The summed E-state index contributed by atoms with van der Waals surface area (Å²) < 4.78 is 17.0. The van der Waals surface area contributed by atoms with Crippen molar-refractivity contribution in [3.05, 3.63) is 35.6 Å². The maximum atomic E-state index is 12.6. The molecule has 0 aliphatic carbocycles. The first kappa shape index (κ1) is 14.6. The molecule has 100 valence electrons. The topological polar surface area (TPSA) is 38.3 Å². The Labute approximate surface area is 107 Å². The summed E-state index contributed by atoms with van der Waals surface area (Å²) in [4.78, 5) is 10.7. The molecule has 1 saturated heterocycles. The average Bonchev–Trinajstić information content (AvgIpc) is 2.41. The summed E-state index contributed by atoms with van der Waals surface area (Å²) in [7, 11) is 1.31. The van der Waals surface area contributed by atoms with Crippen molar-refractivity contribution >= 4 is 5.97 Å². The predicted molar refractivity (Wildman–Crippen MR) is 68.8 cm³/mol. The molecule has 0 spiro atoms. The number of halogens is 1. The lowest BCUT2D eigenvalue weighted by Gasteiger charge is -2.08. The highest BCUT2D eigenvalue weighted by Crippen LogP contribution is 2.04. The minimum Gasteiger partial charge on any atom is -0.469 e. The second-order valence-electron chi connectivity index (χ2n) is 4.19. The highest BCUT2D eigenvalue weighted by atomic mass is 19.1. The van der Waals surface area contributed by atoms with Crippen LogP contribution in [0.15, 0.2) is 24.3 Å². The van der Waals surface area contributed by atoms with Gasteiger partial charge in [0.2, 0.25) is 0 Å². The smallest absolute Gasteiger partial charge is 0.309 e. The van der Waals surface area contributed by atoms with Gasteiger partial charge in [0.1, 0.15) is 5.82 Å². The Morgan fingerprint density at radius 3 is 2.50 bits per heavy atom. The monoisotopic (exact) mass is 253 g/mol. The molecule has 0 amide bonds. The summed E-state index contributed by atoms with van der Waals surface area (Å²) in [6, 6.07) is 5.89. The Morgan fingerprint density at radius 1 is 1.33 bits per heavy atom. The van der Waals surface area contributed by atoms with E-state index < -0.39 is 0 Å². The zero-order valence-electron chi connectivity index (χ0n) is 10.7. The highest BCUT2D eigenvalue weighted by Gasteiger charge is 2.02. The fourth-order valence-electron chi connectivity index (χ4n) is 1.69. The van der Waals surface area contributed by atoms with Crippen LogP contribution in [-0.4, -0.2) is 26.2 Å². The van der Waals surface area contributed by atoms with Gasteiger partial charge in [0, 0.05) is 0 Å². The maximum absolute atomic E-state index is 12.6. The van der Waals surface area contributed by atoms with E-state index in [-0.39, 0.29) is 18.2 Å². The van der Waals surface area contributed by atoms with Crippen molar-refractivity contribution in [2.75, 3.05) is 20.2 Å². The molecule has 2 rings (SSSR count). The number of ether oxygens (including phenoxy) is 1. The van der Waals surface area contributed by atoms with Crippen LogP contribution in [0.25, 0.3) is 0 Å².